The van der Waals surface area contributed by atoms with E-state index in [-0.39, 0.29) is 23.8 Å². The second-order valence-corrected chi connectivity index (χ2v) is 8.40. The summed E-state index contributed by atoms with van der Waals surface area (Å²) in [5, 5.41) is 19.2. The fourth-order valence-corrected chi connectivity index (χ4v) is 4.52. The van der Waals surface area contributed by atoms with Crippen LogP contribution in [0.25, 0.3) is 11.1 Å². The van der Waals surface area contributed by atoms with E-state index in [0.717, 1.165) is 43.2 Å². The number of carbonyl (C=O) groups excluding carboxylic acids is 2. The lowest BCUT2D eigenvalue weighted by molar-refractivity contribution is -0.114. The molecule has 35 heavy (non-hydrogen) atoms. The molecule has 11 nitrogen and oxygen atoms in total. The number of para-hydroxylation sites is 1. The SMILES string of the molecule is COc1c(NC(/C=C(\N)NC=O)=C(/N)C(N)=O)cccc1-c1cnn([C@@H]2CCCC2CCCO)c1. The second kappa shape index (κ2) is 11.9. The van der Waals surface area contributed by atoms with Gasteiger partial charge in [-0.3, -0.25) is 14.3 Å². The zero-order chi connectivity index (χ0) is 25.4. The third kappa shape index (κ3) is 6.12. The predicted molar refractivity (Wildman–Crippen MR) is 132 cm³/mol. The first kappa shape index (κ1) is 25.6. The highest BCUT2D eigenvalue weighted by atomic mass is 16.5. The Morgan fingerprint density at radius 2 is 2.11 bits per heavy atom. The number of aliphatic hydroxyl groups is 1. The average molecular weight is 484 g/mol. The highest BCUT2D eigenvalue weighted by Crippen LogP contribution is 2.41. The number of allylic oxidation sites excluding steroid dienone is 1. The molecule has 1 saturated carbocycles. The van der Waals surface area contributed by atoms with Gasteiger partial charge in [-0.2, -0.15) is 5.10 Å². The smallest absolute Gasteiger partial charge is 0.266 e. The van der Waals surface area contributed by atoms with Gasteiger partial charge in [-0.15, -0.1) is 0 Å². The Labute approximate surface area is 204 Å². The number of benzene rings is 1. The van der Waals surface area contributed by atoms with Gasteiger partial charge < -0.3 is 37.7 Å². The third-order valence-corrected chi connectivity index (χ3v) is 6.17. The van der Waals surface area contributed by atoms with Crippen LogP contribution in [0.3, 0.4) is 0 Å². The number of carbonyl (C=O) groups is 2. The van der Waals surface area contributed by atoms with Crippen LogP contribution in [0.4, 0.5) is 5.69 Å². The number of nitrogens with zero attached hydrogens (tertiary/aromatic N) is 2. The van der Waals surface area contributed by atoms with Crippen LogP contribution >= 0.6 is 0 Å². The summed E-state index contributed by atoms with van der Waals surface area (Å²) in [5.74, 6) is 0.105. The Balaban J connectivity index is 1.94. The van der Waals surface area contributed by atoms with E-state index in [1.54, 1.807) is 12.3 Å². The van der Waals surface area contributed by atoms with E-state index in [9.17, 15) is 14.7 Å². The second-order valence-electron chi connectivity index (χ2n) is 8.40. The molecule has 2 aromatic rings. The fourth-order valence-electron chi connectivity index (χ4n) is 4.52. The van der Waals surface area contributed by atoms with Crippen LogP contribution in [-0.4, -0.2) is 40.9 Å². The number of nitrogens with one attached hydrogen (secondary N) is 2. The van der Waals surface area contributed by atoms with Crippen LogP contribution in [0.1, 0.15) is 38.1 Å². The van der Waals surface area contributed by atoms with Crippen LogP contribution in [0, 0.1) is 5.92 Å². The summed E-state index contributed by atoms with van der Waals surface area (Å²) in [4.78, 5) is 22.4. The molecule has 0 saturated heterocycles. The number of aromatic nitrogens is 2. The summed E-state index contributed by atoms with van der Waals surface area (Å²) >= 11 is 0. The Bertz CT molecular complexity index is 1110. The Kier molecular flexibility index (Phi) is 8.74. The molecular formula is C24H33N7O4. The minimum atomic E-state index is -0.855. The van der Waals surface area contributed by atoms with Gasteiger partial charge in [0.25, 0.3) is 5.91 Å². The van der Waals surface area contributed by atoms with E-state index in [1.165, 1.54) is 13.2 Å². The molecule has 1 unspecified atom stereocenters. The van der Waals surface area contributed by atoms with E-state index in [4.69, 9.17) is 21.9 Å². The number of anilines is 1. The van der Waals surface area contributed by atoms with Crippen molar-refractivity contribution in [3.05, 3.63) is 53.9 Å². The average Bonchev–Trinajstić information content (AvgIpc) is 3.51. The molecular weight excluding hydrogens is 450 g/mol. The predicted octanol–water partition coefficient (Wildman–Crippen LogP) is 1.29. The van der Waals surface area contributed by atoms with Crippen molar-refractivity contribution < 1.29 is 19.4 Å². The molecule has 9 N–H and O–H groups in total. The first-order chi connectivity index (χ1) is 16.9. The fraction of sp³-hybridized carbons (Fsp3) is 0.375. The summed E-state index contributed by atoms with van der Waals surface area (Å²) in [7, 11) is 1.54. The van der Waals surface area contributed by atoms with Gasteiger partial charge in [-0.1, -0.05) is 18.6 Å². The standard InChI is InChI=1S/C24H33N7O4/c1-35-23-17(16-12-29-31(13-16)20-9-2-5-15(20)6-4-10-32)7-3-8-18(23)30-19(22(26)24(27)34)11-21(25)28-14-33/h3,7-8,11-15,20,30,32H,2,4-6,9-10,25-26H2,1H3,(H2,27,34)(H,28,33)/b21-11+,22-19+/t15?,20-/m1/s1. The topological polar surface area (TPSA) is 184 Å². The van der Waals surface area contributed by atoms with E-state index in [2.05, 4.69) is 15.7 Å². The van der Waals surface area contributed by atoms with Crippen molar-refractivity contribution in [1.82, 2.24) is 15.1 Å². The van der Waals surface area contributed by atoms with Crippen LogP contribution < -0.4 is 32.6 Å². The lowest BCUT2D eigenvalue weighted by atomic mass is 9.98. The molecule has 188 valence electrons. The van der Waals surface area contributed by atoms with Crippen LogP contribution in [-0.2, 0) is 9.59 Å². The largest absolute Gasteiger partial charge is 0.494 e. The van der Waals surface area contributed by atoms with E-state index < -0.39 is 5.91 Å². The quantitative estimate of drug-likeness (QED) is 0.148. The Morgan fingerprint density at radius 1 is 1.31 bits per heavy atom. The molecule has 1 aromatic heterocycles. The van der Waals surface area contributed by atoms with Crippen molar-refractivity contribution >= 4 is 18.0 Å². The number of aliphatic hydroxyl groups excluding tert-OH is 1. The third-order valence-electron chi connectivity index (χ3n) is 6.17. The molecule has 11 heteroatoms. The number of hydrogen-bond donors (Lipinski definition) is 6. The molecule has 2 atom stereocenters. The molecule has 1 fully saturated rings. The summed E-state index contributed by atoms with van der Waals surface area (Å²) in [6.07, 6.45) is 10.6. The van der Waals surface area contributed by atoms with Crippen molar-refractivity contribution in [3.8, 4) is 16.9 Å². The monoisotopic (exact) mass is 483 g/mol. The van der Waals surface area contributed by atoms with E-state index in [1.807, 2.05) is 23.0 Å². The highest BCUT2D eigenvalue weighted by Gasteiger charge is 2.29. The summed E-state index contributed by atoms with van der Waals surface area (Å²) in [5.41, 5.74) is 19.0. The lowest BCUT2D eigenvalue weighted by Crippen LogP contribution is -2.25. The molecule has 2 amide bonds. The molecule has 0 aliphatic heterocycles. The summed E-state index contributed by atoms with van der Waals surface area (Å²) in [6, 6.07) is 5.78. The number of methoxy groups -OCH3 is 1. The first-order valence-electron chi connectivity index (χ1n) is 11.5. The molecule has 1 heterocycles. The van der Waals surface area contributed by atoms with Crippen molar-refractivity contribution in [2.24, 2.45) is 23.1 Å². The zero-order valence-corrected chi connectivity index (χ0v) is 19.7. The van der Waals surface area contributed by atoms with Gasteiger partial charge >= 0.3 is 0 Å². The number of nitrogens with two attached hydrogens (primary N) is 3. The van der Waals surface area contributed by atoms with Crippen molar-refractivity contribution in [2.75, 3.05) is 19.0 Å². The number of amides is 2. The Morgan fingerprint density at radius 3 is 2.80 bits per heavy atom. The van der Waals surface area contributed by atoms with Crippen LogP contribution in [0.2, 0.25) is 0 Å². The molecule has 1 aliphatic carbocycles. The molecule has 1 aromatic carbocycles. The zero-order valence-electron chi connectivity index (χ0n) is 19.7. The number of rotatable bonds is 12. The van der Waals surface area contributed by atoms with E-state index in [0.29, 0.717) is 29.8 Å². The lowest BCUT2D eigenvalue weighted by Gasteiger charge is -2.19. The molecule has 1 aliphatic rings. The van der Waals surface area contributed by atoms with Gasteiger partial charge in [-0.05, 0) is 37.7 Å². The maximum atomic E-state index is 11.7. The summed E-state index contributed by atoms with van der Waals surface area (Å²) < 4.78 is 7.71. The highest BCUT2D eigenvalue weighted by molar-refractivity contribution is 5.93. The number of hydrogen-bond acceptors (Lipinski definition) is 8. The van der Waals surface area contributed by atoms with Crippen LogP contribution in [0.15, 0.2) is 53.9 Å². The molecule has 0 spiro atoms. The van der Waals surface area contributed by atoms with Gasteiger partial charge in [-0.25, -0.2) is 0 Å². The molecule has 0 radical (unpaired) electrons. The van der Waals surface area contributed by atoms with Crippen molar-refractivity contribution in [1.29, 1.82) is 0 Å². The van der Waals surface area contributed by atoms with Crippen molar-refractivity contribution in [3.63, 3.8) is 0 Å². The van der Waals surface area contributed by atoms with Crippen molar-refractivity contribution in [2.45, 2.75) is 38.1 Å². The van der Waals surface area contributed by atoms with Gasteiger partial charge in [0.1, 0.15) is 17.3 Å². The van der Waals surface area contributed by atoms with E-state index >= 15 is 0 Å². The first-order valence-corrected chi connectivity index (χ1v) is 11.5. The molecule has 3 rings (SSSR count). The van der Waals surface area contributed by atoms with Gasteiger partial charge in [0, 0.05) is 30.0 Å². The molecule has 0 bridgehead atoms. The van der Waals surface area contributed by atoms with Crippen LogP contribution in [0.5, 0.6) is 5.75 Å². The van der Waals surface area contributed by atoms with Gasteiger partial charge in [0.15, 0.2) is 0 Å². The number of primary amides is 1. The van der Waals surface area contributed by atoms with Gasteiger partial charge in [0.2, 0.25) is 6.41 Å². The Hall–Kier alpha value is -3.99. The maximum Gasteiger partial charge on any atom is 0.266 e. The normalized spacial score (nSPS) is 18.6. The maximum absolute atomic E-state index is 11.7. The van der Waals surface area contributed by atoms with Gasteiger partial charge in [0.05, 0.1) is 30.7 Å². The minimum Gasteiger partial charge on any atom is -0.494 e. The number of ether oxygens (including phenoxy) is 1. The minimum absolute atomic E-state index is 0.0320. The summed E-state index contributed by atoms with van der Waals surface area (Å²) in [6.45, 7) is 0.202.